The molecule has 0 atom stereocenters. The van der Waals surface area contributed by atoms with E-state index in [1.54, 1.807) is 12.2 Å². The van der Waals surface area contributed by atoms with Gasteiger partial charge in [-0.2, -0.15) is 0 Å². The van der Waals surface area contributed by atoms with Crippen LogP contribution in [0.2, 0.25) is 0 Å². The summed E-state index contributed by atoms with van der Waals surface area (Å²) in [4.78, 5) is 23.6. The average Bonchev–Trinajstić information content (AvgIpc) is 2.35. The molecule has 0 aromatic rings. The minimum absolute atomic E-state index is 0.152. The molecule has 0 aromatic carbocycles. The van der Waals surface area contributed by atoms with Gasteiger partial charge in [0.2, 0.25) is 0 Å². The normalized spacial score (nSPS) is 11.2. The summed E-state index contributed by atoms with van der Waals surface area (Å²) in [5.74, 6) is -0.959. The van der Waals surface area contributed by atoms with Crippen molar-refractivity contribution in [3.05, 3.63) is 24.8 Å². The van der Waals surface area contributed by atoms with Crippen LogP contribution in [-0.4, -0.2) is 32.0 Å². The number of ether oxygens (including phenoxy) is 2. The quantitative estimate of drug-likeness (QED) is 0.304. The van der Waals surface area contributed by atoms with Gasteiger partial charge < -0.3 is 9.47 Å². The van der Waals surface area contributed by atoms with Crippen molar-refractivity contribution in [1.82, 2.24) is 0 Å². The number of carbonyl (C=O) groups excluding carboxylic acids is 2. The van der Waals surface area contributed by atoms with Crippen LogP contribution in [0.1, 0.15) is 12.8 Å². The lowest BCUT2D eigenvalue weighted by atomic mass is 9.81. The Labute approximate surface area is 106 Å². The zero-order valence-electron chi connectivity index (χ0n) is 10.1. The Morgan fingerprint density at radius 1 is 1.18 bits per heavy atom. The smallest absolute Gasteiger partial charge is 0.323 e. The van der Waals surface area contributed by atoms with E-state index >= 15 is 0 Å². The zero-order chi connectivity index (χ0) is 13.3. The SMILES string of the molecule is C=CCC(C/C=C\CCl)(C(=O)OC)C(=O)OC. The number of halogens is 1. The minimum Gasteiger partial charge on any atom is -0.468 e. The van der Waals surface area contributed by atoms with Gasteiger partial charge in [-0.3, -0.25) is 9.59 Å². The summed E-state index contributed by atoms with van der Waals surface area (Å²) in [6, 6.07) is 0. The second-order valence-electron chi connectivity index (χ2n) is 3.39. The van der Waals surface area contributed by atoms with Crippen molar-refractivity contribution in [3.63, 3.8) is 0 Å². The van der Waals surface area contributed by atoms with Crippen molar-refractivity contribution in [1.29, 1.82) is 0 Å². The summed E-state index contributed by atoms with van der Waals surface area (Å²) in [6.07, 6.45) is 5.13. The highest BCUT2D eigenvalue weighted by Gasteiger charge is 2.46. The van der Waals surface area contributed by atoms with Crippen LogP contribution in [0.4, 0.5) is 0 Å². The standard InChI is InChI=1S/C12H17ClO4/c1-4-7-12(10(14)16-2,11(15)17-3)8-5-6-9-13/h4-6H,1,7-9H2,2-3H3/b6-5-. The van der Waals surface area contributed by atoms with Gasteiger partial charge >= 0.3 is 11.9 Å². The highest BCUT2D eigenvalue weighted by atomic mass is 35.5. The Bertz CT molecular complexity index is 294. The number of esters is 2. The predicted molar refractivity (Wildman–Crippen MR) is 65.8 cm³/mol. The molecular weight excluding hydrogens is 244 g/mol. The first-order chi connectivity index (χ1) is 8.08. The molecule has 0 rings (SSSR count). The van der Waals surface area contributed by atoms with Crippen molar-refractivity contribution in [2.45, 2.75) is 12.8 Å². The van der Waals surface area contributed by atoms with Crippen molar-refractivity contribution < 1.29 is 19.1 Å². The maximum atomic E-state index is 11.8. The fraction of sp³-hybridized carbons (Fsp3) is 0.500. The van der Waals surface area contributed by atoms with Gasteiger partial charge in [0, 0.05) is 5.88 Å². The number of methoxy groups -OCH3 is 2. The fourth-order valence-corrected chi connectivity index (χ4v) is 1.61. The maximum Gasteiger partial charge on any atom is 0.323 e. The van der Waals surface area contributed by atoms with Crippen LogP contribution in [0, 0.1) is 5.41 Å². The number of allylic oxidation sites excluding steroid dienone is 3. The maximum absolute atomic E-state index is 11.8. The van der Waals surface area contributed by atoms with Crippen molar-refractivity contribution >= 4 is 23.5 Å². The average molecular weight is 261 g/mol. The summed E-state index contributed by atoms with van der Waals surface area (Å²) in [5.41, 5.74) is -1.37. The van der Waals surface area contributed by atoms with E-state index in [2.05, 4.69) is 16.1 Å². The molecule has 0 spiro atoms. The Kier molecular flexibility index (Phi) is 7.30. The number of hydrogen-bond donors (Lipinski definition) is 0. The molecule has 0 aliphatic rings. The first-order valence-corrected chi connectivity index (χ1v) is 5.61. The van der Waals surface area contributed by atoms with Crippen molar-refractivity contribution in [3.8, 4) is 0 Å². The van der Waals surface area contributed by atoms with Crippen LogP contribution >= 0.6 is 11.6 Å². The Morgan fingerprint density at radius 2 is 1.71 bits per heavy atom. The number of carbonyl (C=O) groups is 2. The van der Waals surface area contributed by atoms with Crippen LogP contribution < -0.4 is 0 Å². The Morgan fingerprint density at radius 3 is 2.06 bits per heavy atom. The number of hydrogen-bond acceptors (Lipinski definition) is 4. The van der Waals surface area contributed by atoms with E-state index in [9.17, 15) is 9.59 Å². The predicted octanol–water partition coefficient (Wildman–Crippen LogP) is 2.08. The molecule has 0 amide bonds. The first kappa shape index (κ1) is 15.7. The molecule has 96 valence electrons. The minimum atomic E-state index is -1.37. The third-order valence-electron chi connectivity index (χ3n) is 2.37. The largest absolute Gasteiger partial charge is 0.468 e. The summed E-state index contributed by atoms with van der Waals surface area (Å²) < 4.78 is 9.34. The summed E-state index contributed by atoms with van der Waals surface area (Å²) in [7, 11) is 2.46. The van der Waals surface area contributed by atoms with Crippen molar-refractivity contribution in [2.24, 2.45) is 5.41 Å². The third kappa shape index (κ3) is 3.89. The second kappa shape index (κ2) is 7.90. The molecule has 0 N–H and O–H groups in total. The van der Waals surface area contributed by atoms with E-state index in [-0.39, 0.29) is 12.8 Å². The topological polar surface area (TPSA) is 52.6 Å². The van der Waals surface area contributed by atoms with E-state index in [1.165, 1.54) is 20.3 Å². The van der Waals surface area contributed by atoms with Gasteiger partial charge in [0.05, 0.1) is 14.2 Å². The molecule has 17 heavy (non-hydrogen) atoms. The van der Waals surface area contributed by atoms with Gasteiger partial charge in [0.15, 0.2) is 5.41 Å². The van der Waals surface area contributed by atoms with Gasteiger partial charge in [-0.15, -0.1) is 18.2 Å². The third-order valence-corrected chi connectivity index (χ3v) is 2.55. The van der Waals surface area contributed by atoms with Gasteiger partial charge in [-0.1, -0.05) is 18.2 Å². The van der Waals surface area contributed by atoms with E-state index in [1.807, 2.05) is 0 Å². The van der Waals surface area contributed by atoms with E-state index in [4.69, 9.17) is 11.6 Å². The first-order valence-electron chi connectivity index (χ1n) is 5.07. The van der Waals surface area contributed by atoms with E-state index in [0.717, 1.165) is 0 Å². The highest BCUT2D eigenvalue weighted by molar-refractivity contribution is 6.18. The molecule has 0 aliphatic carbocycles. The monoisotopic (exact) mass is 260 g/mol. The van der Waals surface area contributed by atoms with E-state index < -0.39 is 17.4 Å². The molecule has 0 aromatic heterocycles. The fourth-order valence-electron chi connectivity index (χ4n) is 1.48. The molecule has 0 fully saturated rings. The van der Waals surface area contributed by atoms with Crippen LogP contribution in [0.25, 0.3) is 0 Å². The summed E-state index contributed by atoms with van der Waals surface area (Å²) >= 11 is 5.50. The molecule has 0 saturated carbocycles. The van der Waals surface area contributed by atoms with Gasteiger partial charge in [-0.05, 0) is 12.8 Å². The Hall–Kier alpha value is -1.29. The molecule has 0 unspecified atom stereocenters. The number of rotatable bonds is 7. The summed E-state index contributed by atoms with van der Waals surface area (Å²) in [6.45, 7) is 3.54. The van der Waals surface area contributed by atoms with Gasteiger partial charge in [-0.25, -0.2) is 0 Å². The lowest BCUT2D eigenvalue weighted by Gasteiger charge is -2.25. The highest BCUT2D eigenvalue weighted by Crippen LogP contribution is 2.31. The lowest BCUT2D eigenvalue weighted by Crippen LogP contribution is -2.40. The molecule has 4 nitrogen and oxygen atoms in total. The summed E-state index contributed by atoms with van der Waals surface area (Å²) in [5, 5.41) is 0. The van der Waals surface area contributed by atoms with Gasteiger partial charge in [0.25, 0.3) is 0 Å². The molecular formula is C12H17ClO4. The Balaban J connectivity index is 5.22. The zero-order valence-corrected chi connectivity index (χ0v) is 10.8. The molecule has 0 bridgehead atoms. The molecule has 0 saturated heterocycles. The second-order valence-corrected chi connectivity index (χ2v) is 3.70. The van der Waals surface area contributed by atoms with Crippen molar-refractivity contribution in [2.75, 3.05) is 20.1 Å². The van der Waals surface area contributed by atoms with Crippen LogP contribution in [-0.2, 0) is 19.1 Å². The molecule has 0 aliphatic heterocycles. The van der Waals surface area contributed by atoms with Crippen LogP contribution in [0.5, 0.6) is 0 Å². The molecule has 5 heteroatoms. The number of alkyl halides is 1. The lowest BCUT2D eigenvalue weighted by molar-refractivity contribution is -0.168. The van der Waals surface area contributed by atoms with Crippen LogP contribution in [0.3, 0.4) is 0 Å². The molecule has 0 heterocycles. The van der Waals surface area contributed by atoms with E-state index in [0.29, 0.717) is 5.88 Å². The van der Waals surface area contributed by atoms with Gasteiger partial charge in [0.1, 0.15) is 0 Å². The molecule has 0 radical (unpaired) electrons. The van der Waals surface area contributed by atoms with Crippen LogP contribution in [0.15, 0.2) is 24.8 Å².